The maximum absolute atomic E-state index is 9.16. The second-order valence-electron chi connectivity index (χ2n) is 0.680. The van der Waals surface area contributed by atoms with Crippen molar-refractivity contribution in [3.8, 4) is 0 Å². The number of rotatable bonds is 1. The molecule has 60 valence electrons. The van der Waals surface area contributed by atoms with Crippen molar-refractivity contribution in [2.24, 2.45) is 0 Å². The van der Waals surface area contributed by atoms with Gasteiger partial charge in [0.05, 0.1) is 10.1 Å². The molecule has 0 saturated carbocycles. The molecule has 0 saturated heterocycles. The van der Waals surface area contributed by atoms with E-state index in [2.05, 4.69) is 0 Å². The maximum atomic E-state index is 9.16. The van der Waals surface area contributed by atoms with Crippen molar-refractivity contribution in [1.29, 1.82) is 0 Å². The predicted molar refractivity (Wildman–Crippen MR) is 27.4 cm³/mol. The fraction of sp³-hybridized carbons (Fsp3) is 0. The van der Waals surface area contributed by atoms with Gasteiger partial charge in [-0.1, -0.05) is 0 Å². The minimum absolute atomic E-state index is 0.750. The average molecular weight is 208 g/mol. The van der Waals surface area contributed by atoms with Crippen molar-refractivity contribution >= 4 is 30.8 Å². The van der Waals surface area contributed by atoms with Crippen molar-refractivity contribution in [1.82, 2.24) is 0 Å². The van der Waals surface area contributed by atoms with Gasteiger partial charge in [-0.3, -0.25) is 4.21 Å². The molecular formula is O7S3. The zero-order valence-corrected chi connectivity index (χ0v) is 6.53. The summed E-state index contributed by atoms with van der Waals surface area (Å²) in [5, 5.41) is 0. The zero-order chi connectivity index (χ0) is 8.78. The second kappa shape index (κ2) is 5.73. The second-order valence-corrected chi connectivity index (χ2v) is 4.08. The van der Waals surface area contributed by atoms with E-state index in [1.807, 2.05) is 0 Å². The molecule has 0 aliphatic carbocycles. The Hall–Kier alpha value is -0.0300. The normalized spacial score (nSPS) is 12.2. The SMILES string of the molecule is O=S([O-])S(=O)(=O)[O-].O=[S+2]=O. The molecule has 7 nitrogen and oxygen atoms in total. The Labute approximate surface area is 61.5 Å². The van der Waals surface area contributed by atoms with E-state index in [0.717, 1.165) is 0 Å². The summed E-state index contributed by atoms with van der Waals surface area (Å²) in [4.78, 5) is 0. The van der Waals surface area contributed by atoms with E-state index in [1.54, 1.807) is 0 Å². The third kappa shape index (κ3) is 10.9. The molecule has 1 atom stereocenters. The van der Waals surface area contributed by atoms with E-state index < -0.39 is 30.8 Å². The summed E-state index contributed by atoms with van der Waals surface area (Å²) in [6.07, 6.45) is 0. The molecule has 0 N–H and O–H groups in total. The molecule has 0 rings (SSSR count). The first kappa shape index (κ1) is 12.6. The molecule has 0 heterocycles. The first-order valence-corrected chi connectivity index (χ1v) is 5.00. The predicted octanol–water partition coefficient (Wildman–Crippen LogP) is -1.91. The standard InChI is InChI=1S/H2O5S2.O2S/c1-6(2)7(3,4)5;1-3-2/h(H,1,2)(H,3,4,5);/q;+2/p-2. The van der Waals surface area contributed by atoms with Crippen LogP contribution in [0.2, 0.25) is 0 Å². The molecule has 0 amide bonds. The van der Waals surface area contributed by atoms with Crippen molar-refractivity contribution < 1.29 is 30.1 Å². The summed E-state index contributed by atoms with van der Waals surface area (Å²) < 4.78 is 62.3. The molecule has 0 aromatic rings. The Morgan fingerprint density at radius 2 is 1.40 bits per heavy atom. The summed E-state index contributed by atoms with van der Waals surface area (Å²) in [6.45, 7) is 0. The van der Waals surface area contributed by atoms with Gasteiger partial charge in [-0.2, -0.15) is 0 Å². The van der Waals surface area contributed by atoms with Gasteiger partial charge in [0.25, 0.3) is 0 Å². The van der Waals surface area contributed by atoms with Crippen LogP contribution in [0.3, 0.4) is 0 Å². The molecule has 0 aromatic heterocycles. The molecule has 0 radical (unpaired) electrons. The fourth-order valence-electron chi connectivity index (χ4n) is 0. The van der Waals surface area contributed by atoms with E-state index in [9.17, 15) is 0 Å². The molecule has 0 aliphatic heterocycles. The van der Waals surface area contributed by atoms with Gasteiger partial charge in [-0.25, -0.2) is 8.42 Å². The minimum atomic E-state index is -5.07. The van der Waals surface area contributed by atoms with Gasteiger partial charge in [0.1, 0.15) is 0 Å². The van der Waals surface area contributed by atoms with Gasteiger partial charge >= 0.3 is 20.0 Å². The quantitative estimate of drug-likeness (QED) is 0.279. The summed E-state index contributed by atoms with van der Waals surface area (Å²) >= 11 is -0.750. The van der Waals surface area contributed by atoms with Crippen LogP contribution in [0.1, 0.15) is 0 Å². The van der Waals surface area contributed by atoms with Crippen LogP contribution in [0.4, 0.5) is 0 Å². The van der Waals surface area contributed by atoms with E-state index >= 15 is 0 Å². The van der Waals surface area contributed by atoms with Crippen LogP contribution < -0.4 is 0 Å². The van der Waals surface area contributed by atoms with Gasteiger partial charge in [0.15, 0.2) is 9.15 Å². The molecule has 0 aromatic carbocycles. The Kier molecular flexibility index (Phi) is 7.24. The van der Waals surface area contributed by atoms with Gasteiger partial charge in [0.2, 0.25) is 0 Å². The average Bonchev–Trinajstić information content (AvgIpc) is 1.64. The van der Waals surface area contributed by atoms with Gasteiger partial charge in [-0.05, 0) is 0 Å². The molecule has 0 aliphatic rings. The van der Waals surface area contributed by atoms with Crippen molar-refractivity contribution in [2.45, 2.75) is 0 Å². The van der Waals surface area contributed by atoms with E-state index in [0.29, 0.717) is 0 Å². The van der Waals surface area contributed by atoms with Crippen LogP contribution in [-0.4, -0.2) is 21.7 Å². The van der Waals surface area contributed by atoms with E-state index in [1.165, 1.54) is 0 Å². The van der Waals surface area contributed by atoms with Crippen LogP contribution in [0.25, 0.3) is 0 Å². The summed E-state index contributed by atoms with van der Waals surface area (Å²) in [7, 11) is -8.59. The van der Waals surface area contributed by atoms with E-state index in [4.69, 9.17) is 30.1 Å². The first-order valence-electron chi connectivity index (χ1n) is 1.33. The molecule has 10 heavy (non-hydrogen) atoms. The Bertz CT molecular complexity index is 226. The molecule has 0 spiro atoms. The molecule has 1 unspecified atom stereocenters. The monoisotopic (exact) mass is 208 g/mol. The van der Waals surface area contributed by atoms with Crippen LogP contribution in [-0.2, 0) is 39.3 Å². The first-order chi connectivity index (χ1) is 4.36. The van der Waals surface area contributed by atoms with Gasteiger partial charge in [0, 0.05) is 0 Å². The summed E-state index contributed by atoms with van der Waals surface area (Å²) in [6, 6.07) is 0. The number of hydrogen-bond acceptors (Lipinski definition) is 7. The summed E-state index contributed by atoms with van der Waals surface area (Å²) in [5.41, 5.74) is 0. The Morgan fingerprint density at radius 1 is 1.30 bits per heavy atom. The van der Waals surface area contributed by atoms with Crippen LogP contribution in [0.15, 0.2) is 0 Å². The molecule has 0 bridgehead atoms. The Morgan fingerprint density at radius 3 is 1.40 bits per heavy atom. The van der Waals surface area contributed by atoms with Crippen molar-refractivity contribution in [3.05, 3.63) is 0 Å². The van der Waals surface area contributed by atoms with Gasteiger partial charge in [-0.15, -0.1) is 0 Å². The van der Waals surface area contributed by atoms with Crippen LogP contribution in [0, 0.1) is 0 Å². The van der Waals surface area contributed by atoms with Crippen LogP contribution >= 0.6 is 0 Å². The topological polar surface area (TPSA) is 131 Å². The molecular weight excluding hydrogens is 208 g/mol. The summed E-state index contributed by atoms with van der Waals surface area (Å²) in [5.74, 6) is 0. The van der Waals surface area contributed by atoms with Crippen LogP contribution in [0.5, 0.6) is 0 Å². The van der Waals surface area contributed by atoms with Crippen molar-refractivity contribution in [3.63, 3.8) is 0 Å². The number of hydrogen-bond donors (Lipinski definition) is 0. The van der Waals surface area contributed by atoms with E-state index in [-0.39, 0.29) is 0 Å². The fourth-order valence-corrected chi connectivity index (χ4v) is 0. The zero-order valence-electron chi connectivity index (χ0n) is 4.08. The third-order valence-electron chi connectivity index (χ3n) is 0.167. The molecule has 0 fully saturated rings. The third-order valence-corrected chi connectivity index (χ3v) is 1.50. The van der Waals surface area contributed by atoms with Crippen molar-refractivity contribution in [2.75, 3.05) is 0 Å². The Balaban J connectivity index is 0. The molecule has 10 heteroatoms. The van der Waals surface area contributed by atoms with Gasteiger partial charge < -0.3 is 9.11 Å².